The van der Waals surface area contributed by atoms with Crippen molar-refractivity contribution in [3.8, 4) is 6.07 Å². The van der Waals surface area contributed by atoms with Crippen LogP contribution in [-0.2, 0) is 0 Å². The summed E-state index contributed by atoms with van der Waals surface area (Å²) in [5.74, 6) is 2.16. The third-order valence-electron chi connectivity index (χ3n) is 4.46. The minimum absolute atomic E-state index is 0.503. The van der Waals surface area contributed by atoms with Crippen LogP contribution in [0.3, 0.4) is 0 Å². The van der Waals surface area contributed by atoms with Crippen LogP contribution in [0, 0.1) is 34.5 Å². The zero-order valence-corrected chi connectivity index (χ0v) is 10.0. The zero-order valence-electron chi connectivity index (χ0n) is 10.0. The van der Waals surface area contributed by atoms with Crippen molar-refractivity contribution < 1.29 is 0 Å². The van der Waals surface area contributed by atoms with Gasteiger partial charge in [-0.15, -0.1) is 0 Å². The minimum Gasteiger partial charge on any atom is -0.193 e. The van der Waals surface area contributed by atoms with Crippen molar-refractivity contribution >= 4 is 0 Å². The van der Waals surface area contributed by atoms with Gasteiger partial charge >= 0.3 is 0 Å². The fourth-order valence-electron chi connectivity index (χ4n) is 3.15. The van der Waals surface area contributed by atoms with E-state index in [2.05, 4.69) is 39.8 Å². The van der Waals surface area contributed by atoms with Crippen LogP contribution < -0.4 is 0 Å². The lowest BCUT2D eigenvalue weighted by atomic mass is 9.83. The number of nitriles is 1. The quantitative estimate of drug-likeness (QED) is 0.469. The summed E-state index contributed by atoms with van der Waals surface area (Å²) in [6.07, 6.45) is 5.38. The Morgan fingerprint density at radius 1 is 1.60 bits per heavy atom. The molecule has 2 rings (SSSR count). The van der Waals surface area contributed by atoms with Crippen molar-refractivity contribution in [2.45, 2.75) is 34.1 Å². The van der Waals surface area contributed by atoms with E-state index in [1.165, 1.54) is 17.6 Å². The largest absolute Gasteiger partial charge is 0.193 e. The Hall–Kier alpha value is -1.03. The van der Waals surface area contributed by atoms with E-state index in [-0.39, 0.29) is 0 Å². The first kappa shape index (κ1) is 10.5. The zero-order chi connectivity index (χ0) is 11.2. The lowest BCUT2D eigenvalue weighted by Gasteiger charge is -2.21. The van der Waals surface area contributed by atoms with E-state index in [4.69, 9.17) is 5.26 Å². The molecular formula is C14H19N. The molecule has 80 valence electrons. The van der Waals surface area contributed by atoms with E-state index in [0.717, 1.165) is 11.8 Å². The molecule has 2 aliphatic rings. The van der Waals surface area contributed by atoms with Crippen LogP contribution in [0.2, 0.25) is 0 Å². The molecule has 0 saturated heterocycles. The number of nitrogens with zero attached hydrogens (tertiary/aromatic N) is 1. The molecule has 0 bridgehead atoms. The molecule has 0 N–H and O–H groups in total. The SMILES string of the molecule is CC(=CC#N)C1CC2C(C=C1C)C2(C)C. The van der Waals surface area contributed by atoms with Gasteiger partial charge in [0.25, 0.3) is 0 Å². The molecule has 0 heterocycles. The molecule has 0 aromatic rings. The van der Waals surface area contributed by atoms with Crippen molar-refractivity contribution in [1.82, 2.24) is 0 Å². The van der Waals surface area contributed by atoms with E-state index >= 15 is 0 Å². The van der Waals surface area contributed by atoms with E-state index < -0.39 is 0 Å². The van der Waals surface area contributed by atoms with Crippen LogP contribution in [0.15, 0.2) is 23.3 Å². The second-order valence-electron chi connectivity index (χ2n) is 5.67. The predicted octanol–water partition coefficient (Wildman–Crippen LogP) is 3.69. The van der Waals surface area contributed by atoms with Crippen LogP contribution in [-0.4, -0.2) is 0 Å². The van der Waals surface area contributed by atoms with Gasteiger partial charge in [0.05, 0.1) is 6.07 Å². The number of hydrogen-bond acceptors (Lipinski definition) is 1. The van der Waals surface area contributed by atoms with E-state index in [1.54, 1.807) is 6.08 Å². The second kappa shape index (κ2) is 3.23. The maximum absolute atomic E-state index is 8.69. The highest BCUT2D eigenvalue weighted by molar-refractivity contribution is 5.31. The highest BCUT2D eigenvalue weighted by Crippen LogP contribution is 2.65. The predicted molar refractivity (Wildman–Crippen MR) is 62.0 cm³/mol. The molecule has 1 nitrogen and oxygen atoms in total. The van der Waals surface area contributed by atoms with Gasteiger partial charge in [-0.25, -0.2) is 0 Å². The highest BCUT2D eigenvalue weighted by atomic mass is 14.6. The highest BCUT2D eigenvalue weighted by Gasteiger charge is 2.58. The summed E-state index contributed by atoms with van der Waals surface area (Å²) >= 11 is 0. The van der Waals surface area contributed by atoms with Crippen molar-refractivity contribution in [3.63, 3.8) is 0 Å². The van der Waals surface area contributed by atoms with Crippen molar-refractivity contribution in [2.24, 2.45) is 23.2 Å². The molecule has 0 amide bonds. The first-order valence-electron chi connectivity index (χ1n) is 5.73. The third-order valence-corrected chi connectivity index (χ3v) is 4.46. The summed E-state index contributed by atoms with van der Waals surface area (Å²) < 4.78 is 0. The van der Waals surface area contributed by atoms with Gasteiger partial charge in [0.2, 0.25) is 0 Å². The van der Waals surface area contributed by atoms with E-state index in [9.17, 15) is 0 Å². The summed E-state index contributed by atoms with van der Waals surface area (Å²) in [4.78, 5) is 0. The summed E-state index contributed by atoms with van der Waals surface area (Å²) in [6.45, 7) is 9.01. The molecular weight excluding hydrogens is 182 g/mol. The number of rotatable bonds is 1. The van der Waals surface area contributed by atoms with Gasteiger partial charge in [0.15, 0.2) is 0 Å². The smallest absolute Gasteiger partial charge is 0.0911 e. The Bertz CT molecular complexity index is 379. The van der Waals surface area contributed by atoms with E-state index in [1.807, 2.05) is 0 Å². The van der Waals surface area contributed by atoms with Crippen LogP contribution in [0.25, 0.3) is 0 Å². The van der Waals surface area contributed by atoms with Gasteiger partial charge in [-0.05, 0) is 37.5 Å². The van der Waals surface area contributed by atoms with Crippen molar-refractivity contribution in [3.05, 3.63) is 23.3 Å². The molecule has 2 aliphatic carbocycles. The summed E-state index contributed by atoms with van der Waals surface area (Å²) in [5.41, 5.74) is 3.20. The number of hydrogen-bond donors (Lipinski definition) is 0. The normalized spacial score (nSPS) is 37.7. The second-order valence-corrected chi connectivity index (χ2v) is 5.67. The molecule has 1 fully saturated rings. The fourth-order valence-corrected chi connectivity index (χ4v) is 3.15. The van der Waals surface area contributed by atoms with Crippen LogP contribution in [0.1, 0.15) is 34.1 Å². The lowest BCUT2D eigenvalue weighted by Crippen LogP contribution is -2.10. The Morgan fingerprint density at radius 2 is 2.27 bits per heavy atom. The topological polar surface area (TPSA) is 23.8 Å². The molecule has 1 heteroatoms. The van der Waals surface area contributed by atoms with Gasteiger partial charge in [-0.2, -0.15) is 5.26 Å². The van der Waals surface area contributed by atoms with Crippen LogP contribution in [0.4, 0.5) is 0 Å². The van der Waals surface area contributed by atoms with Gasteiger partial charge in [-0.3, -0.25) is 0 Å². The van der Waals surface area contributed by atoms with Gasteiger partial charge in [0.1, 0.15) is 0 Å². The molecule has 3 atom stereocenters. The molecule has 15 heavy (non-hydrogen) atoms. The molecule has 1 saturated carbocycles. The minimum atomic E-state index is 0.503. The van der Waals surface area contributed by atoms with E-state index in [0.29, 0.717) is 11.3 Å². The average Bonchev–Trinajstić information content (AvgIpc) is 2.67. The van der Waals surface area contributed by atoms with Gasteiger partial charge in [-0.1, -0.05) is 31.1 Å². The molecule has 0 spiro atoms. The third kappa shape index (κ3) is 1.53. The van der Waals surface area contributed by atoms with Crippen molar-refractivity contribution in [2.75, 3.05) is 0 Å². The standard InChI is InChI=1S/C14H19N/c1-9(5-6-15)11-8-13-12(7-10(11)2)14(13,3)4/h5,7,11-13H,8H2,1-4H3. The van der Waals surface area contributed by atoms with Crippen LogP contribution >= 0.6 is 0 Å². The molecule has 3 unspecified atom stereocenters. The Balaban J connectivity index is 2.21. The summed E-state index contributed by atoms with van der Waals surface area (Å²) in [5, 5.41) is 8.69. The molecule has 0 aliphatic heterocycles. The Labute approximate surface area is 92.5 Å². The maximum Gasteiger partial charge on any atom is 0.0911 e. The number of allylic oxidation sites excluding steroid dienone is 4. The molecule has 0 radical (unpaired) electrons. The first-order valence-corrected chi connectivity index (χ1v) is 5.73. The first-order chi connectivity index (χ1) is 6.98. The fraction of sp³-hybridized carbons (Fsp3) is 0.643. The molecule has 0 aromatic carbocycles. The molecule has 0 aromatic heterocycles. The summed E-state index contributed by atoms with van der Waals surface area (Å²) in [7, 11) is 0. The maximum atomic E-state index is 8.69. The number of fused-ring (bicyclic) bond motifs is 1. The Kier molecular flexibility index (Phi) is 2.26. The summed E-state index contributed by atoms with van der Waals surface area (Å²) in [6, 6.07) is 2.15. The van der Waals surface area contributed by atoms with Crippen molar-refractivity contribution in [1.29, 1.82) is 5.26 Å². The lowest BCUT2D eigenvalue weighted by molar-refractivity contribution is 0.486. The average molecular weight is 201 g/mol. The van der Waals surface area contributed by atoms with Gasteiger partial charge < -0.3 is 0 Å². The van der Waals surface area contributed by atoms with Crippen LogP contribution in [0.5, 0.6) is 0 Å². The van der Waals surface area contributed by atoms with Gasteiger partial charge in [0, 0.05) is 12.0 Å². The Morgan fingerprint density at radius 3 is 2.87 bits per heavy atom. The monoisotopic (exact) mass is 201 g/mol.